The normalized spacial score (nSPS) is 12.6. The summed E-state index contributed by atoms with van der Waals surface area (Å²) in [7, 11) is 1.68. The van der Waals surface area contributed by atoms with Crippen molar-refractivity contribution in [2.75, 3.05) is 19.6 Å². The highest BCUT2D eigenvalue weighted by Crippen LogP contribution is 2.25. The minimum atomic E-state index is 0.0923. The molecule has 0 spiro atoms. The molecule has 0 saturated carbocycles. The zero-order valence-corrected chi connectivity index (χ0v) is 12.1. The molecule has 0 radical (unpaired) electrons. The molecule has 1 atom stereocenters. The van der Waals surface area contributed by atoms with Gasteiger partial charge in [0.05, 0.1) is 13.2 Å². The molecule has 2 aromatic carbocycles. The zero-order valence-electron chi connectivity index (χ0n) is 11.4. The van der Waals surface area contributed by atoms with Gasteiger partial charge in [-0.3, -0.25) is 0 Å². The van der Waals surface area contributed by atoms with Crippen LogP contribution in [0.4, 0.5) is 0 Å². The van der Waals surface area contributed by atoms with E-state index in [9.17, 15) is 0 Å². The summed E-state index contributed by atoms with van der Waals surface area (Å²) < 4.78 is 11.0. The second-order valence-corrected chi connectivity index (χ2v) is 4.91. The van der Waals surface area contributed by atoms with Gasteiger partial charge in [0.1, 0.15) is 5.75 Å². The first-order valence-electron chi connectivity index (χ1n) is 6.50. The molecule has 3 heteroatoms. The summed E-state index contributed by atoms with van der Waals surface area (Å²) >= 11 is 5.65. The van der Waals surface area contributed by atoms with Gasteiger partial charge in [-0.1, -0.05) is 18.2 Å². The van der Waals surface area contributed by atoms with Crippen molar-refractivity contribution in [1.82, 2.24) is 0 Å². The van der Waals surface area contributed by atoms with Crippen molar-refractivity contribution in [1.29, 1.82) is 0 Å². The largest absolute Gasteiger partial charge is 0.497 e. The van der Waals surface area contributed by atoms with Gasteiger partial charge in [-0.05, 0) is 47.9 Å². The van der Waals surface area contributed by atoms with Crippen molar-refractivity contribution in [3.05, 3.63) is 42.0 Å². The van der Waals surface area contributed by atoms with E-state index < -0.39 is 0 Å². The minimum absolute atomic E-state index is 0.0923. The van der Waals surface area contributed by atoms with E-state index in [1.54, 1.807) is 7.11 Å². The Kier molecular flexibility index (Phi) is 5.06. The van der Waals surface area contributed by atoms with E-state index in [0.717, 1.165) is 12.2 Å². The van der Waals surface area contributed by atoms with Crippen LogP contribution in [0, 0.1) is 0 Å². The summed E-state index contributed by atoms with van der Waals surface area (Å²) in [6, 6.07) is 12.5. The van der Waals surface area contributed by atoms with Crippen LogP contribution >= 0.6 is 11.6 Å². The van der Waals surface area contributed by atoms with E-state index in [1.807, 2.05) is 12.1 Å². The van der Waals surface area contributed by atoms with Crippen LogP contribution in [0.3, 0.4) is 0 Å². The summed E-state index contributed by atoms with van der Waals surface area (Å²) in [5.74, 6) is 1.52. The maximum Gasteiger partial charge on any atom is 0.119 e. The average molecular weight is 279 g/mol. The van der Waals surface area contributed by atoms with Gasteiger partial charge in [-0.2, -0.15) is 0 Å². The SMILES string of the molecule is COc1ccc2cc(C(C)OCCCCl)ccc2c1. The Bertz CT molecular complexity index is 539. The quantitative estimate of drug-likeness (QED) is 0.570. The Morgan fingerprint density at radius 3 is 2.58 bits per heavy atom. The van der Waals surface area contributed by atoms with Crippen molar-refractivity contribution in [2.24, 2.45) is 0 Å². The molecule has 1 unspecified atom stereocenters. The van der Waals surface area contributed by atoms with Crippen LogP contribution in [0.25, 0.3) is 10.8 Å². The average Bonchev–Trinajstić information content (AvgIpc) is 2.46. The maximum absolute atomic E-state index is 5.75. The second-order valence-electron chi connectivity index (χ2n) is 4.53. The van der Waals surface area contributed by atoms with E-state index in [1.165, 1.54) is 16.3 Å². The zero-order chi connectivity index (χ0) is 13.7. The molecule has 19 heavy (non-hydrogen) atoms. The fourth-order valence-electron chi connectivity index (χ4n) is 2.03. The lowest BCUT2D eigenvalue weighted by molar-refractivity contribution is 0.0667. The third-order valence-corrected chi connectivity index (χ3v) is 3.45. The van der Waals surface area contributed by atoms with Gasteiger partial charge < -0.3 is 9.47 Å². The lowest BCUT2D eigenvalue weighted by atomic mass is 10.0. The molecule has 2 aromatic rings. The lowest BCUT2D eigenvalue weighted by Gasteiger charge is -2.14. The van der Waals surface area contributed by atoms with Gasteiger partial charge in [0.2, 0.25) is 0 Å². The van der Waals surface area contributed by atoms with Crippen molar-refractivity contribution in [2.45, 2.75) is 19.4 Å². The van der Waals surface area contributed by atoms with Gasteiger partial charge in [0.25, 0.3) is 0 Å². The molecule has 0 amide bonds. The first kappa shape index (κ1) is 14.2. The lowest BCUT2D eigenvalue weighted by Crippen LogP contribution is -2.02. The number of hydrogen-bond acceptors (Lipinski definition) is 2. The summed E-state index contributed by atoms with van der Waals surface area (Å²) in [4.78, 5) is 0. The molecule has 0 aliphatic rings. The van der Waals surface area contributed by atoms with Crippen LogP contribution in [-0.2, 0) is 4.74 Å². The number of rotatable bonds is 6. The third-order valence-electron chi connectivity index (χ3n) is 3.19. The number of halogens is 1. The molecule has 0 aliphatic carbocycles. The van der Waals surface area contributed by atoms with Crippen molar-refractivity contribution in [3.8, 4) is 5.75 Å². The van der Waals surface area contributed by atoms with Gasteiger partial charge in [-0.25, -0.2) is 0 Å². The highest BCUT2D eigenvalue weighted by atomic mass is 35.5. The number of hydrogen-bond donors (Lipinski definition) is 0. The van der Waals surface area contributed by atoms with Crippen LogP contribution in [0.2, 0.25) is 0 Å². The fraction of sp³-hybridized carbons (Fsp3) is 0.375. The van der Waals surface area contributed by atoms with E-state index in [0.29, 0.717) is 12.5 Å². The highest BCUT2D eigenvalue weighted by Gasteiger charge is 2.06. The van der Waals surface area contributed by atoms with Gasteiger partial charge in [0, 0.05) is 12.5 Å². The Morgan fingerprint density at radius 2 is 1.84 bits per heavy atom. The van der Waals surface area contributed by atoms with Crippen molar-refractivity contribution >= 4 is 22.4 Å². The number of alkyl halides is 1. The molecule has 0 saturated heterocycles. The summed E-state index contributed by atoms with van der Waals surface area (Å²) in [6.07, 6.45) is 0.978. The Labute approximate surface area is 119 Å². The minimum Gasteiger partial charge on any atom is -0.497 e. The number of ether oxygens (including phenoxy) is 2. The van der Waals surface area contributed by atoms with Crippen LogP contribution in [-0.4, -0.2) is 19.6 Å². The van der Waals surface area contributed by atoms with Crippen molar-refractivity contribution < 1.29 is 9.47 Å². The predicted octanol–water partition coefficient (Wildman–Crippen LogP) is 4.55. The molecule has 2 rings (SSSR count). The monoisotopic (exact) mass is 278 g/mol. The molecular weight excluding hydrogens is 260 g/mol. The predicted molar refractivity (Wildman–Crippen MR) is 80.2 cm³/mol. The molecule has 0 aliphatic heterocycles. The van der Waals surface area contributed by atoms with Gasteiger partial charge >= 0.3 is 0 Å². The molecule has 0 aromatic heterocycles. The van der Waals surface area contributed by atoms with Crippen LogP contribution in [0.1, 0.15) is 25.0 Å². The van der Waals surface area contributed by atoms with Gasteiger partial charge in [-0.15, -0.1) is 11.6 Å². The standard InChI is InChI=1S/C16H19ClO2/c1-12(19-9-3-8-17)13-4-5-15-11-16(18-2)7-6-14(15)10-13/h4-7,10-12H,3,8-9H2,1-2H3. The topological polar surface area (TPSA) is 18.5 Å². The number of fused-ring (bicyclic) bond motifs is 1. The third kappa shape index (κ3) is 3.62. The van der Waals surface area contributed by atoms with Crippen LogP contribution in [0.15, 0.2) is 36.4 Å². The molecule has 2 nitrogen and oxygen atoms in total. The Hall–Kier alpha value is -1.25. The van der Waals surface area contributed by atoms with E-state index >= 15 is 0 Å². The van der Waals surface area contributed by atoms with Crippen LogP contribution < -0.4 is 4.74 Å². The molecule has 0 heterocycles. The fourth-order valence-corrected chi connectivity index (χ4v) is 2.14. The van der Waals surface area contributed by atoms with E-state index in [2.05, 4.69) is 31.2 Å². The number of methoxy groups -OCH3 is 1. The first-order valence-corrected chi connectivity index (χ1v) is 7.03. The Morgan fingerprint density at radius 1 is 1.11 bits per heavy atom. The maximum atomic E-state index is 5.75. The number of benzene rings is 2. The Balaban J connectivity index is 2.16. The highest BCUT2D eigenvalue weighted by molar-refractivity contribution is 6.17. The molecule has 0 bridgehead atoms. The second kappa shape index (κ2) is 6.78. The summed E-state index contributed by atoms with van der Waals surface area (Å²) in [6.45, 7) is 2.77. The smallest absolute Gasteiger partial charge is 0.119 e. The molecular formula is C16H19ClO2. The van der Waals surface area contributed by atoms with E-state index in [-0.39, 0.29) is 6.10 Å². The summed E-state index contributed by atoms with van der Waals surface area (Å²) in [5.41, 5.74) is 1.19. The van der Waals surface area contributed by atoms with Crippen LogP contribution in [0.5, 0.6) is 5.75 Å². The molecule has 0 fully saturated rings. The first-order chi connectivity index (χ1) is 9.24. The molecule has 0 N–H and O–H groups in total. The van der Waals surface area contributed by atoms with E-state index in [4.69, 9.17) is 21.1 Å². The molecule has 102 valence electrons. The van der Waals surface area contributed by atoms with Crippen molar-refractivity contribution in [3.63, 3.8) is 0 Å². The summed E-state index contributed by atoms with van der Waals surface area (Å²) in [5, 5.41) is 2.38. The van der Waals surface area contributed by atoms with Gasteiger partial charge in [0.15, 0.2) is 0 Å².